The topological polar surface area (TPSA) is 103 Å². The number of benzene rings is 1. The minimum atomic E-state index is -0.202. The molecule has 5 aromatic rings. The largest absolute Gasteiger partial charge is 0.378 e. The van der Waals surface area contributed by atoms with E-state index in [9.17, 15) is 4.79 Å². The Balaban J connectivity index is 1.65. The minimum Gasteiger partial charge on any atom is -0.378 e. The van der Waals surface area contributed by atoms with Crippen LogP contribution in [0.5, 0.6) is 0 Å². The summed E-state index contributed by atoms with van der Waals surface area (Å²) in [6.07, 6.45) is 5.81. The fourth-order valence-electron chi connectivity index (χ4n) is 3.61. The van der Waals surface area contributed by atoms with Gasteiger partial charge in [-0.25, -0.2) is 9.50 Å². The molecule has 0 aliphatic carbocycles. The van der Waals surface area contributed by atoms with E-state index in [1.165, 1.54) is 0 Å². The van der Waals surface area contributed by atoms with Gasteiger partial charge in [-0.05, 0) is 11.6 Å². The van der Waals surface area contributed by atoms with Crippen LogP contribution in [-0.4, -0.2) is 41.5 Å². The van der Waals surface area contributed by atoms with Crippen molar-refractivity contribution < 1.29 is 4.74 Å². The summed E-state index contributed by atoms with van der Waals surface area (Å²) in [6.45, 7) is 0.844. The Bertz CT molecular complexity index is 1370. The molecule has 5 rings (SSSR count). The quantitative estimate of drug-likeness (QED) is 0.468. The molecule has 0 bridgehead atoms. The summed E-state index contributed by atoms with van der Waals surface area (Å²) in [4.78, 5) is 20.0. The van der Waals surface area contributed by atoms with Crippen LogP contribution in [0, 0.1) is 0 Å². The number of aromatic amines is 1. The second kappa shape index (κ2) is 7.53. The molecule has 1 aromatic carbocycles. The highest BCUT2D eigenvalue weighted by Gasteiger charge is 2.19. The lowest BCUT2D eigenvalue weighted by Gasteiger charge is -2.07. The van der Waals surface area contributed by atoms with Gasteiger partial charge in [0.05, 0.1) is 24.2 Å². The van der Waals surface area contributed by atoms with Crippen LogP contribution in [0.25, 0.3) is 27.8 Å². The van der Waals surface area contributed by atoms with Crippen molar-refractivity contribution in [3.63, 3.8) is 0 Å². The Hall–Kier alpha value is -3.85. The third kappa shape index (κ3) is 3.05. The summed E-state index contributed by atoms with van der Waals surface area (Å²) in [5.74, 6) is 0. The molecule has 0 saturated carbocycles. The Morgan fingerprint density at radius 1 is 1.13 bits per heavy atom. The van der Waals surface area contributed by atoms with E-state index in [2.05, 4.69) is 20.2 Å². The van der Waals surface area contributed by atoms with Gasteiger partial charge in [0.25, 0.3) is 5.56 Å². The molecule has 0 spiro atoms. The number of pyridine rings is 1. The van der Waals surface area contributed by atoms with E-state index in [-0.39, 0.29) is 11.1 Å². The zero-order valence-electron chi connectivity index (χ0n) is 16.3. The van der Waals surface area contributed by atoms with Crippen LogP contribution in [0.15, 0.2) is 59.9 Å². The molecule has 9 nitrogen and oxygen atoms in total. The Kier molecular flexibility index (Phi) is 4.56. The van der Waals surface area contributed by atoms with E-state index in [1.807, 2.05) is 36.4 Å². The second-order valence-corrected chi connectivity index (χ2v) is 6.93. The molecule has 0 saturated heterocycles. The predicted octanol–water partition coefficient (Wildman–Crippen LogP) is 2.22. The molecule has 0 radical (unpaired) electrons. The van der Waals surface area contributed by atoms with Gasteiger partial charge in [0.2, 0.25) is 0 Å². The van der Waals surface area contributed by atoms with Gasteiger partial charge in [-0.1, -0.05) is 30.3 Å². The lowest BCUT2D eigenvalue weighted by atomic mass is 10.1. The van der Waals surface area contributed by atoms with Crippen LogP contribution in [0.2, 0.25) is 0 Å². The maximum Gasteiger partial charge on any atom is 0.280 e. The van der Waals surface area contributed by atoms with Crippen molar-refractivity contribution >= 4 is 16.7 Å². The highest BCUT2D eigenvalue weighted by atomic mass is 16.5. The highest BCUT2D eigenvalue weighted by molar-refractivity contribution is 5.84. The molecule has 0 unspecified atom stereocenters. The van der Waals surface area contributed by atoms with Gasteiger partial charge in [-0.15, -0.1) is 10.2 Å². The Morgan fingerprint density at radius 3 is 2.77 bits per heavy atom. The number of hydrogen-bond acceptors (Lipinski definition) is 6. The number of ether oxygens (including phenoxy) is 1. The third-order valence-corrected chi connectivity index (χ3v) is 5.05. The molecule has 1 N–H and O–H groups in total. The summed E-state index contributed by atoms with van der Waals surface area (Å²) >= 11 is 0. The SMILES string of the molecule is COCc1nn2c(nnc3c(=O)n(CCc4cnc[nH]4)ccc32)c1-c1ccccc1. The van der Waals surface area contributed by atoms with Gasteiger partial charge >= 0.3 is 0 Å². The van der Waals surface area contributed by atoms with E-state index in [1.54, 1.807) is 34.9 Å². The Morgan fingerprint density at radius 2 is 2.00 bits per heavy atom. The number of fused-ring (bicyclic) bond motifs is 3. The fourth-order valence-corrected chi connectivity index (χ4v) is 3.61. The van der Waals surface area contributed by atoms with E-state index in [4.69, 9.17) is 9.84 Å². The number of rotatable bonds is 6. The first-order valence-corrected chi connectivity index (χ1v) is 9.55. The molecule has 0 fully saturated rings. The van der Waals surface area contributed by atoms with Crippen molar-refractivity contribution in [3.8, 4) is 11.1 Å². The van der Waals surface area contributed by atoms with E-state index in [0.29, 0.717) is 30.7 Å². The van der Waals surface area contributed by atoms with Crippen LogP contribution in [0.1, 0.15) is 11.4 Å². The maximum atomic E-state index is 13.0. The lowest BCUT2D eigenvalue weighted by molar-refractivity contribution is 0.181. The molecular formula is C21H19N7O2. The standard InChI is InChI=1S/C21H19N7O2/c1-30-12-16-18(14-5-3-2-4-6-14)20-25-24-19-17(28(20)26-16)8-10-27(21(19)29)9-7-15-11-22-13-23-15/h2-6,8,10-11,13H,7,9,12H2,1H3,(H,22,23). The summed E-state index contributed by atoms with van der Waals surface area (Å²) in [6, 6.07) is 11.7. The van der Waals surface area contributed by atoms with E-state index < -0.39 is 0 Å². The van der Waals surface area contributed by atoms with Crippen molar-refractivity contribution in [1.82, 2.24) is 34.3 Å². The summed E-state index contributed by atoms with van der Waals surface area (Å²) in [5, 5.41) is 13.3. The summed E-state index contributed by atoms with van der Waals surface area (Å²) in [7, 11) is 1.63. The zero-order valence-corrected chi connectivity index (χ0v) is 16.3. The molecule has 150 valence electrons. The summed E-state index contributed by atoms with van der Waals surface area (Å²) < 4.78 is 8.65. The van der Waals surface area contributed by atoms with Gasteiger partial charge in [-0.2, -0.15) is 5.10 Å². The van der Waals surface area contributed by atoms with Gasteiger partial charge in [0.1, 0.15) is 5.52 Å². The number of aromatic nitrogens is 7. The number of aryl methyl sites for hydroxylation is 2. The molecule has 0 amide bonds. The van der Waals surface area contributed by atoms with Gasteiger partial charge < -0.3 is 14.3 Å². The van der Waals surface area contributed by atoms with Crippen molar-refractivity contribution in [2.24, 2.45) is 0 Å². The van der Waals surface area contributed by atoms with Crippen molar-refractivity contribution in [3.05, 3.63) is 76.9 Å². The van der Waals surface area contributed by atoms with Crippen molar-refractivity contribution in [1.29, 1.82) is 0 Å². The van der Waals surface area contributed by atoms with Gasteiger partial charge in [0, 0.05) is 38.2 Å². The van der Waals surface area contributed by atoms with Crippen molar-refractivity contribution in [2.75, 3.05) is 7.11 Å². The molecular weight excluding hydrogens is 382 g/mol. The van der Waals surface area contributed by atoms with Crippen LogP contribution in [0.3, 0.4) is 0 Å². The highest BCUT2D eigenvalue weighted by Crippen LogP contribution is 2.28. The number of H-pyrrole nitrogens is 1. The van der Waals surface area contributed by atoms with Gasteiger partial charge in [0.15, 0.2) is 11.2 Å². The molecule has 0 atom stereocenters. The normalized spacial score (nSPS) is 11.5. The van der Waals surface area contributed by atoms with Crippen LogP contribution in [0.4, 0.5) is 0 Å². The van der Waals surface area contributed by atoms with E-state index in [0.717, 1.165) is 22.5 Å². The Labute approximate surface area is 171 Å². The molecule has 9 heteroatoms. The van der Waals surface area contributed by atoms with E-state index >= 15 is 0 Å². The monoisotopic (exact) mass is 401 g/mol. The van der Waals surface area contributed by atoms with Crippen LogP contribution in [-0.2, 0) is 24.3 Å². The zero-order chi connectivity index (χ0) is 20.5. The maximum absolute atomic E-state index is 13.0. The smallest absolute Gasteiger partial charge is 0.280 e. The summed E-state index contributed by atoms with van der Waals surface area (Å²) in [5.41, 5.74) is 4.82. The second-order valence-electron chi connectivity index (χ2n) is 6.93. The van der Waals surface area contributed by atoms with Crippen LogP contribution < -0.4 is 5.56 Å². The van der Waals surface area contributed by atoms with Gasteiger partial charge in [-0.3, -0.25) is 4.79 Å². The van der Waals surface area contributed by atoms with Crippen molar-refractivity contribution in [2.45, 2.75) is 19.6 Å². The third-order valence-electron chi connectivity index (χ3n) is 5.05. The average molecular weight is 401 g/mol. The van der Waals surface area contributed by atoms with Crippen LogP contribution >= 0.6 is 0 Å². The number of nitrogens with one attached hydrogen (secondary N) is 1. The minimum absolute atomic E-state index is 0.202. The molecule has 30 heavy (non-hydrogen) atoms. The first kappa shape index (κ1) is 18.2. The fraction of sp³-hybridized carbons (Fsp3) is 0.190. The predicted molar refractivity (Wildman–Crippen MR) is 111 cm³/mol. The lowest BCUT2D eigenvalue weighted by Crippen LogP contribution is -2.22. The average Bonchev–Trinajstić information content (AvgIpc) is 3.42. The number of hydrogen-bond donors (Lipinski definition) is 1. The molecule has 4 aromatic heterocycles. The first-order chi connectivity index (χ1) is 14.8. The molecule has 0 aliphatic rings. The number of imidazole rings is 1. The molecule has 4 heterocycles. The molecule has 0 aliphatic heterocycles. The number of nitrogens with zero attached hydrogens (tertiary/aromatic N) is 6. The first-order valence-electron chi connectivity index (χ1n) is 9.55. The number of methoxy groups -OCH3 is 1.